The molecular formula is C13H22N4O3. The predicted molar refractivity (Wildman–Crippen MR) is 75.7 cm³/mol. The summed E-state index contributed by atoms with van der Waals surface area (Å²) in [6.07, 6.45) is 4.55. The molecule has 0 bridgehead atoms. The molecule has 2 atom stereocenters. The fraction of sp³-hybridized carbons (Fsp3) is 0.769. The van der Waals surface area contributed by atoms with Gasteiger partial charge in [-0.15, -0.1) is 0 Å². The van der Waals surface area contributed by atoms with E-state index in [1.807, 2.05) is 6.92 Å². The topological polar surface area (TPSA) is 93.2 Å². The molecule has 7 nitrogen and oxygen atoms in total. The minimum absolute atomic E-state index is 0.0483. The number of hydrogen-bond donors (Lipinski definition) is 2. The van der Waals surface area contributed by atoms with Gasteiger partial charge in [0.15, 0.2) is 0 Å². The summed E-state index contributed by atoms with van der Waals surface area (Å²) in [7, 11) is 1.70. The van der Waals surface area contributed by atoms with Crippen LogP contribution in [0.1, 0.15) is 44.7 Å². The minimum atomic E-state index is -0.451. The molecule has 1 aromatic heterocycles. The molecule has 0 radical (unpaired) electrons. The van der Waals surface area contributed by atoms with Crippen molar-refractivity contribution in [2.24, 2.45) is 7.05 Å². The molecule has 2 N–H and O–H groups in total. The monoisotopic (exact) mass is 282 g/mol. The fourth-order valence-corrected chi connectivity index (χ4v) is 2.78. The highest BCUT2D eigenvalue weighted by molar-refractivity contribution is 5.60. The van der Waals surface area contributed by atoms with Crippen molar-refractivity contribution in [3.05, 3.63) is 15.8 Å². The van der Waals surface area contributed by atoms with Crippen LogP contribution in [0.4, 0.5) is 11.5 Å². The van der Waals surface area contributed by atoms with Gasteiger partial charge in [0.1, 0.15) is 5.69 Å². The largest absolute Gasteiger partial charge is 0.391 e. The standard InChI is InChI=1S/C13H22N4O3/c1-3-6-10-12(17(19)20)13(16(2)15-10)14-9-7-4-5-8-11(9)18/h9,11,14,18H,3-8H2,1-2H3. The zero-order chi connectivity index (χ0) is 14.7. The lowest BCUT2D eigenvalue weighted by molar-refractivity contribution is -0.384. The molecule has 1 saturated carbocycles. The van der Waals surface area contributed by atoms with E-state index in [-0.39, 0.29) is 16.7 Å². The lowest BCUT2D eigenvalue weighted by Crippen LogP contribution is -2.37. The van der Waals surface area contributed by atoms with Crippen LogP contribution >= 0.6 is 0 Å². The van der Waals surface area contributed by atoms with E-state index in [9.17, 15) is 15.2 Å². The van der Waals surface area contributed by atoms with Crippen LogP contribution in [-0.2, 0) is 13.5 Å². The molecule has 0 aromatic carbocycles. The van der Waals surface area contributed by atoms with Gasteiger partial charge in [-0.3, -0.25) is 10.1 Å². The maximum atomic E-state index is 11.3. The highest BCUT2D eigenvalue weighted by atomic mass is 16.6. The van der Waals surface area contributed by atoms with E-state index in [0.29, 0.717) is 17.9 Å². The van der Waals surface area contributed by atoms with Gasteiger partial charge < -0.3 is 10.4 Å². The third kappa shape index (κ3) is 2.92. The van der Waals surface area contributed by atoms with Gasteiger partial charge in [-0.2, -0.15) is 5.10 Å². The normalized spacial score (nSPS) is 22.8. The SMILES string of the molecule is CCCc1nn(C)c(NC2CCCCC2O)c1[N+](=O)[O-]. The predicted octanol–water partition coefficient (Wildman–Crippen LogP) is 2.00. The van der Waals surface area contributed by atoms with Crippen LogP contribution in [0.25, 0.3) is 0 Å². The second-order valence-corrected chi connectivity index (χ2v) is 5.38. The quantitative estimate of drug-likeness (QED) is 0.636. The first-order valence-electron chi connectivity index (χ1n) is 7.19. The molecule has 112 valence electrons. The summed E-state index contributed by atoms with van der Waals surface area (Å²) in [6, 6.07) is -0.132. The van der Waals surface area contributed by atoms with Gasteiger partial charge in [0.2, 0.25) is 5.82 Å². The van der Waals surface area contributed by atoms with Crippen molar-refractivity contribution in [2.75, 3.05) is 5.32 Å². The number of nitro groups is 1. The summed E-state index contributed by atoms with van der Waals surface area (Å²) < 4.78 is 1.52. The second kappa shape index (κ2) is 6.21. The average Bonchev–Trinajstić information content (AvgIpc) is 2.69. The summed E-state index contributed by atoms with van der Waals surface area (Å²) in [5.74, 6) is 0.407. The van der Waals surface area contributed by atoms with Gasteiger partial charge in [-0.05, 0) is 19.3 Å². The summed E-state index contributed by atoms with van der Waals surface area (Å²) in [5, 5.41) is 28.7. The van der Waals surface area contributed by atoms with Crippen LogP contribution < -0.4 is 5.32 Å². The maximum Gasteiger partial charge on any atom is 0.334 e. The first-order valence-corrected chi connectivity index (χ1v) is 7.19. The van der Waals surface area contributed by atoms with Gasteiger partial charge in [0.25, 0.3) is 0 Å². The van der Waals surface area contributed by atoms with Gasteiger partial charge in [-0.1, -0.05) is 26.2 Å². The lowest BCUT2D eigenvalue weighted by Gasteiger charge is -2.28. The van der Waals surface area contributed by atoms with E-state index in [1.54, 1.807) is 7.05 Å². The number of aliphatic hydroxyl groups excluding tert-OH is 1. The number of aromatic nitrogens is 2. The van der Waals surface area contributed by atoms with Crippen molar-refractivity contribution in [3.63, 3.8) is 0 Å². The van der Waals surface area contributed by atoms with Gasteiger partial charge >= 0.3 is 5.69 Å². The summed E-state index contributed by atoms with van der Waals surface area (Å²) >= 11 is 0. The Balaban J connectivity index is 2.27. The van der Waals surface area contributed by atoms with Gasteiger partial charge in [0.05, 0.1) is 17.1 Å². The van der Waals surface area contributed by atoms with Crippen molar-refractivity contribution in [1.29, 1.82) is 0 Å². The molecule has 1 aromatic rings. The Morgan fingerprint density at radius 1 is 1.50 bits per heavy atom. The van der Waals surface area contributed by atoms with Gasteiger partial charge in [-0.25, -0.2) is 4.68 Å². The number of anilines is 1. The van der Waals surface area contributed by atoms with E-state index < -0.39 is 6.10 Å². The number of nitrogens with zero attached hydrogens (tertiary/aromatic N) is 3. The van der Waals surface area contributed by atoms with Gasteiger partial charge in [0, 0.05) is 7.05 Å². The molecule has 2 rings (SSSR count). The molecule has 0 saturated heterocycles. The lowest BCUT2D eigenvalue weighted by atomic mass is 9.92. The van der Waals surface area contributed by atoms with E-state index in [0.717, 1.165) is 32.1 Å². The van der Waals surface area contributed by atoms with Crippen molar-refractivity contribution in [2.45, 2.75) is 57.6 Å². The molecule has 1 heterocycles. The van der Waals surface area contributed by atoms with Crippen molar-refractivity contribution < 1.29 is 10.0 Å². The van der Waals surface area contributed by atoms with Crippen molar-refractivity contribution in [1.82, 2.24) is 9.78 Å². The average molecular weight is 282 g/mol. The molecule has 1 aliphatic carbocycles. The van der Waals surface area contributed by atoms with E-state index in [1.165, 1.54) is 4.68 Å². The van der Waals surface area contributed by atoms with Crippen molar-refractivity contribution in [3.8, 4) is 0 Å². The molecule has 0 spiro atoms. The molecule has 1 aliphatic rings. The summed E-state index contributed by atoms with van der Waals surface area (Å²) in [5.41, 5.74) is 0.555. The fourth-order valence-electron chi connectivity index (χ4n) is 2.78. The molecule has 2 unspecified atom stereocenters. The highest BCUT2D eigenvalue weighted by Crippen LogP contribution is 2.31. The Morgan fingerprint density at radius 3 is 2.80 bits per heavy atom. The Bertz CT molecular complexity index is 486. The highest BCUT2D eigenvalue weighted by Gasteiger charge is 2.30. The molecule has 0 amide bonds. The maximum absolute atomic E-state index is 11.3. The number of nitrogens with one attached hydrogen (secondary N) is 1. The Morgan fingerprint density at radius 2 is 2.20 bits per heavy atom. The Kier molecular flexibility index (Phi) is 4.59. The van der Waals surface area contributed by atoms with Crippen LogP contribution in [0.3, 0.4) is 0 Å². The summed E-state index contributed by atoms with van der Waals surface area (Å²) in [6.45, 7) is 1.97. The number of rotatable bonds is 5. The zero-order valence-electron chi connectivity index (χ0n) is 12.0. The summed E-state index contributed by atoms with van der Waals surface area (Å²) in [4.78, 5) is 10.9. The Hall–Kier alpha value is -1.63. The smallest absolute Gasteiger partial charge is 0.334 e. The van der Waals surface area contributed by atoms with Crippen LogP contribution in [0.15, 0.2) is 0 Å². The van der Waals surface area contributed by atoms with Crippen LogP contribution in [0, 0.1) is 10.1 Å². The number of aliphatic hydroxyl groups is 1. The van der Waals surface area contributed by atoms with Crippen LogP contribution in [0.5, 0.6) is 0 Å². The first kappa shape index (κ1) is 14.8. The molecular weight excluding hydrogens is 260 g/mol. The molecule has 20 heavy (non-hydrogen) atoms. The Labute approximate surface area is 118 Å². The van der Waals surface area contributed by atoms with Crippen LogP contribution in [0.2, 0.25) is 0 Å². The number of hydrogen-bond acceptors (Lipinski definition) is 5. The van der Waals surface area contributed by atoms with E-state index >= 15 is 0 Å². The van der Waals surface area contributed by atoms with Crippen LogP contribution in [-0.4, -0.2) is 32.0 Å². The number of aryl methyl sites for hydroxylation is 2. The molecule has 7 heteroatoms. The van der Waals surface area contributed by atoms with Crippen molar-refractivity contribution >= 4 is 11.5 Å². The zero-order valence-corrected chi connectivity index (χ0v) is 12.0. The first-order chi connectivity index (χ1) is 9.54. The third-order valence-corrected chi connectivity index (χ3v) is 3.81. The minimum Gasteiger partial charge on any atom is -0.391 e. The van der Waals surface area contributed by atoms with E-state index in [4.69, 9.17) is 0 Å². The molecule has 0 aliphatic heterocycles. The molecule has 1 fully saturated rings. The second-order valence-electron chi connectivity index (χ2n) is 5.38. The van der Waals surface area contributed by atoms with E-state index in [2.05, 4.69) is 10.4 Å². The third-order valence-electron chi connectivity index (χ3n) is 3.81.